The summed E-state index contributed by atoms with van der Waals surface area (Å²) in [6.45, 7) is 2.51. The maximum atomic E-state index is 12.3. The summed E-state index contributed by atoms with van der Waals surface area (Å²) >= 11 is 0. The van der Waals surface area contributed by atoms with Gasteiger partial charge in [0.15, 0.2) is 0 Å². The van der Waals surface area contributed by atoms with E-state index in [4.69, 9.17) is 4.74 Å². The van der Waals surface area contributed by atoms with Gasteiger partial charge in [0.05, 0.1) is 0 Å². The first-order chi connectivity index (χ1) is 9.21. The normalized spacial score (nSPS) is 24.3. The molecule has 3 heteroatoms. The molecule has 1 amide bonds. The largest absolute Gasteiger partial charge is 0.445 e. The van der Waals surface area contributed by atoms with E-state index in [0.717, 1.165) is 31.2 Å². The lowest BCUT2D eigenvalue weighted by Crippen LogP contribution is -2.54. The van der Waals surface area contributed by atoms with Crippen molar-refractivity contribution in [1.82, 2.24) is 4.90 Å². The maximum absolute atomic E-state index is 12.3. The van der Waals surface area contributed by atoms with Crippen LogP contribution in [0.15, 0.2) is 30.3 Å². The van der Waals surface area contributed by atoms with Crippen LogP contribution in [0.4, 0.5) is 4.79 Å². The third-order valence-electron chi connectivity index (χ3n) is 4.67. The summed E-state index contributed by atoms with van der Waals surface area (Å²) in [7, 11) is 0. The van der Waals surface area contributed by atoms with Crippen LogP contribution in [0.1, 0.15) is 44.6 Å². The van der Waals surface area contributed by atoms with Crippen molar-refractivity contribution in [2.75, 3.05) is 0 Å². The molecule has 2 fully saturated rings. The molecule has 1 atom stereocenters. The van der Waals surface area contributed by atoms with Gasteiger partial charge >= 0.3 is 6.09 Å². The fourth-order valence-corrected chi connectivity index (χ4v) is 3.43. The summed E-state index contributed by atoms with van der Waals surface area (Å²) in [5, 5.41) is 0. The zero-order valence-corrected chi connectivity index (χ0v) is 11.5. The highest BCUT2D eigenvalue weighted by Crippen LogP contribution is 2.48. The minimum Gasteiger partial charge on any atom is -0.445 e. The molecule has 1 aliphatic heterocycles. The molecule has 1 heterocycles. The van der Waals surface area contributed by atoms with Gasteiger partial charge in [-0.05, 0) is 44.6 Å². The number of nitrogens with zero attached hydrogens (tertiary/aromatic N) is 1. The monoisotopic (exact) mass is 259 g/mol. The van der Waals surface area contributed by atoms with Crippen LogP contribution in [0.25, 0.3) is 0 Å². The summed E-state index contributed by atoms with van der Waals surface area (Å²) in [5.41, 5.74) is 1.18. The molecule has 19 heavy (non-hydrogen) atoms. The molecule has 0 N–H and O–H groups in total. The number of carbonyl (C=O) groups excluding carboxylic acids is 1. The molecule has 0 radical (unpaired) electrons. The zero-order chi connectivity index (χ0) is 13.3. The van der Waals surface area contributed by atoms with Gasteiger partial charge in [-0.25, -0.2) is 4.79 Å². The number of benzene rings is 1. The van der Waals surface area contributed by atoms with Crippen molar-refractivity contribution in [3.63, 3.8) is 0 Å². The van der Waals surface area contributed by atoms with Crippen LogP contribution in [0.2, 0.25) is 0 Å². The van der Waals surface area contributed by atoms with Crippen LogP contribution < -0.4 is 0 Å². The number of carbonyl (C=O) groups is 1. The molecule has 0 aromatic heterocycles. The SMILES string of the molecule is CC1CCC2(CCC2)N1C(=O)OCc1ccccc1. The predicted molar refractivity (Wildman–Crippen MR) is 73.7 cm³/mol. The number of amides is 1. The number of hydrogen-bond donors (Lipinski definition) is 0. The quantitative estimate of drug-likeness (QED) is 0.810. The lowest BCUT2D eigenvalue weighted by Gasteiger charge is -2.46. The van der Waals surface area contributed by atoms with E-state index >= 15 is 0 Å². The molecule has 1 unspecified atom stereocenters. The van der Waals surface area contributed by atoms with Gasteiger partial charge in [-0.1, -0.05) is 30.3 Å². The molecule has 1 aromatic carbocycles. The number of likely N-dealkylation sites (tertiary alicyclic amines) is 1. The van der Waals surface area contributed by atoms with Gasteiger partial charge in [-0.15, -0.1) is 0 Å². The highest BCUT2D eigenvalue weighted by molar-refractivity contribution is 5.70. The van der Waals surface area contributed by atoms with E-state index in [2.05, 4.69) is 6.92 Å². The molecule has 102 valence electrons. The van der Waals surface area contributed by atoms with Gasteiger partial charge in [0, 0.05) is 11.6 Å². The maximum Gasteiger partial charge on any atom is 0.410 e. The van der Waals surface area contributed by atoms with Crippen molar-refractivity contribution in [2.24, 2.45) is 0 Å². The zero-order valence-electron chi connectivity index (χ0n) is 11.5. The standard InChI is InChI=1S/C16H21NO2/c1-13-8-11-16(9-5-10-16)17(13)15(18)19-12-14-6-3-2-4-7-14/h2-4,6-7,13H,5,8-12H2,1H3. The third kappa shape index (κ3) is 2.22. The molecule has 1 aromatic rings. The average Bonchev–Trinajstić information content (AvgIpc) is 2.75. The fraction of sp³-hybridized carbons (Fsp3) is 0.562. The Morgan fingerprint density at radius 1 is 1.32 bits per heavy atom. The molecule has 2 aliphatic rings. The summed E-state index contributed by atoms with van der Waals surface area (Å²) < 4.78 is 5.50. The number of hydrogen-bond acceptors (Lipinski definition) is 2. The van der Waals surface area contributed by atoms with Crippen LogP contribution in [-0.2, 0) is 11.3 Å². The van der Waals surface area contributed by atoms with Crippen LogP contribution in [0, 0.1) is 0 Å². The summed E-state index contributed by atoms with van der Waals surface area (Å²) in [6.07, 6.45) is 5.67. The van der Waals surface area contributed by atoms with E-state index in [-0.39, 0.29) is 11.6 Å². The van der Waals surface area contributed by atoms with Crippen molar-refractivity contribution >= 4 is 6.09 Å². The minimum absolute atomic E-state index is 0.131. The predicted octanol–water partition coefficient (Wildman–Crippen LogP) is 3.73. The van der Waals surface area contributed by atoms with E-state index in [1.165, 1.54) is 6.42 Å². The molecule has 1 spiro atoms. The molecule has 3 nitrogen and oxygen atoms in total. The fourth-order valence-electron chi connectivity index (χ4n) is 3.43. The average molecular weight is 259 g/mol. The Morgan fingerprint density at radius 2 is 2.05 bits per heavy atom. The lowest BCUT2D eigenvalue weighted by atomic mass is 9.75. The number of rotatable bonds is 2. The van der Waals surface area contributed by atoms with Crippen molar-refractivity contribution in [2.45, 2.75) is 57.2 Å². The number of ether oxygens (including phenoxy) is 1. The molecular formula is C16H21NO2. The Hall–Kier alpha value is -1.51. The Morgan fingerprint density at radius 3 is 2.68 bits per heavy atom. The van der Waals surface area contributed by atoms with E-state index in [1.54, 1.807) is 0 Å². The molecule has 1 saturated heterocycles. The van der Waals surface area contributed by atoms with E-state index in [9.17, 15) is 4.79 Å². The third-order valence-corrected chi connectivity index (χ3v) is 4.67. The van der Waals surface area contributed by atoms with Crippen molar-refractivity contribution in [3.8, 4) is 0 Å². The minimum atomic E-state index is -0.131. The highest BCUT2D eigenvalue weighted by Gasteiger charge is 2.51. The van der Waals surface area contributed by atoms with Gasteiger partial charge in [0.1, 0.15) is 6.61 Å². The Labute approximate surface area is 114 Å². The van der Waals surface area contributed by atoms with Crippen molar-refractivity contribution < 1.29 is 9.53 Å². The second-order valence-electron chi connectivity index (χ2n) is 5.88. The van der Waals surface area contributed by atoms with E-state index < -0.39 is 0 Å². The van der Waals surface area contributed by atoms with Gasteiger partial charge in [-0.2, -0.15) is 0 Å². The second kappa shape index (κ2) is 4.87. The molecule has 1 aliphatic carbocycles. The first-order valence-electron chi connectivity index (χ1n) is 7.21. The Kier molecular flexibility index (Phi) is 3.21. The van der Waals surface area contributed by atoms with Gasteiger partial charge in [0.2, 0.25) is 0 Å². The smallest absolute Gasteiger partial charge is 0.410 e. The molecule has 0 bridgehead atoms. The first kappa shape index (κ1) is 12.5. The Bertz CT molecular complexity index is 453. The van der Waals surface area contributed by atoms with Gasteiger partial charge in [0.25, 0.3) is 0 Å². The van der Waals surface area contributed by atoms with E-state index in [1.807, 2.05) is 35.2 Å². The van der Waals surface area contributed by atoms with Gasteiger partial charge < -0.3 is 4.74 Å². The van der Waals surface area contributed by atoms with Crippen LogP contribution in [0.5, 0.6) is 0 Å². The molecular weight excluding hydrogens is 238 g/mol. The van der Waals surface area contributed by atoms with Crippen LogP contribution >= 0.6 is 0 Å². The first-order valence-corrected chi connectivity index (χ1v) is 7.21. The van der Waals surface area contributed by atoms with Crippen LogP contribution in [0.3, 0.4) is 0 Å². The summed E-state index contributed by atoms with van der Waals surface area (Å²) in [6, 6.07) is 10.2. The Balaban J connectivity index is 1.63. The lowest BCUT2D eigenvalue weighted by molar-refractivity contribution is 0.0168. The summed E-state index contributed by atoms with van der Waals surface area (Å²) in [4.78, 5) is 14.4. The van der Waals surface area contributed by atoms with Gasteiger partial charge in [-0.3, -0.25) is 4.90 Å². The topological polar surface area (TPSA) is 29.5 Å². The summed E-state index contributed by atoms with van der Waals surface area (Å²) in [5.74, 6) is 0. The molecule has 3 rings (SSSR count). The van der Waals surface area contributed by atoms with E-state index in [0.29, 0.717) is 12.6 Å². The molecule has 1 saturated carbocycles. The van der Waals surface area contributed by atoms with Crippen molar-refractivity contribution in [1.29, 1.82) is 0 Å². The second-order valence-corrected chi connectivity index (χ2v) is 5.88. The van der Waals surface area contributed by atoms with Crippen LogP contribution in [-0.4, -0.2) is 22.6 Å². The highest BCUT2D eigenvalue weighted by atomic mass is 16.6. The van der Waals surface area contributed by atoms with Crippen molar-refractivity contribution in [3.05, 3.63) is 35.9 Å².